The van der Waals surface area contributed by atoms with E-state index in [0.717, 1.165) is 32.7 Å². The largest absolute Gasteiger partial charge is 0.381 e. The van der Waals surface area contributed by atoms with Gasteiger partial charge in [-0.05, 0) is 44.9 Å². The number of nitriles is 1. The molecule has 0 spiro atoms. The maximum Gasteiger partial charge on any atom is 0.0621 e. The molecule has 1 fully saturated rings. The van der Waals surface area contributed by atoms with Crippen LogP contribution in [0.2, 0.25) is 0 Å². The molecule has 0 aromatic rings. The Morgan fingerprint density at radius 3 is 2.04 bits per heavy atom. The lowest BCUT2D eigenvalue weighted by atomic mass is 10.0. The predicted molar refractivity (Wildman–Crippen MR) is 100 cm³/mol. The first kappa shape index (κ1) is 21.5. The number of unbranched alkanes of at least 4 members (excludes halogenated alkanes) is 10. The minimum absolute atomic E-state index is 0.557. The quantitative estimate of drug-likeness (QED) is 0.316. The van der Waals surface area contributed by atoms with Crippen LogP contribution >= 0.6 is 0 Å². The van der Waals surface area contributed by atoms with Crippen LogP contribution in [0.25, 0.3) is 0 Å². The Morgan fingerprint density at radius 2 is 1.42 bits per heavy atom. The zero-order valence-electron chi connectivity index (χ0n) is 15.8. The van der Waals surface area contributed by atoms with Gasteiger partial charge in [0.05, 0.1) is 12.2 Å². The molecule has 0 aromatic carbocycles. The molecule has 3 nitrogen and oxygen atoms in total. The highest BCUT2D eigenvalue weighted by atomic mass is 16.5. The predicted octanol–water partition coefficient (Wildman–Crippen LogP) is 6.17. The standard InChI is InChI=1S/C21H39NO2/c22-17-11-6-3-1-2-4-7-12-18-23-19-13-8-5-9-15-21-16-10-14-20-24-21/h21H,1-16,18-20H2. The van der Waals surface area contributed by atoms with E-state index in [9.17, 15) is 0 Å². The zero-order chi connectivity index (χ0) is 17.1. The third-order valence-corrected chi connectivity index (χ3v) is 4.92. The monoisotopic (exact) mass is 337 g/mol. The summed E-state index contributed by atoms with van der Waals surface area (Å²) in [6.45, 7) is 2.86. The lowest BCUT2D eigenvalue weighted by Gasteiger charge is -2.22. The van der Waals surface area contributed by atoms with Gasteiger partial charge in [0.1, 0.15) is 0 Å². The molecule has 1 aliphatic heterocycles. The van der Waals surface area contributed by atoms with Crippen molar-refractivity contribution in [2.24, 2.45) is 0 Å². The van der Waals surface area contributed by atoms with Crippen molar-refractivity contribution in [2.75, 3.05) is 19.8 Å². The molecular formula is C21H39NO2. The van der Waals surface area contributed by atoms with E-state index in [1.54, 1.807) is 0 Å². The normalized spacial score (nSPS) is 17.7. The Balaban J connectivity index is 1.67. The molecule has 0 aliphatic carbocycles. The van der Waals surface area contributed by atoms with Gasteiger partial charge in [-0.15, -0.1) is 0 Å². The fourth-order valence-corrected chi connectivity index (χ4v) is 3.36. The molecule has 0 radical (unpaired) electrons. The smallest absolute Gasteiger partial charge is 0.0621 e. The van der Waals surface area contributed by atoms with Gasteiger partial charge in [0, 0.05) is 26.2 Å². The summed E-state index contributed by atoms with van der Waals surface area (Å²) in [4.78, 5) is 0. The highest BCUT2D eigenvalue weighted by molar-refractivity contribution is 4.67. The molecule has 0 bridgehead atoms. The van der Waals surface area contributed by atoms with E-state index in [0.29, 0.717) is 6.10 Å². The molecule has 3 heteroatoms. The molecule has 24 heavy (non-hydrogen) atoms. The zero-order valence-corrected chi connectivity index (χ0v) is 15.8. The van der Waals surface area contributed by atoms with Crippen molar-refractivity contribution < 1.29 is 9.47 Å². The van der Waals surface area contributed by atoms with Crippen LogP contribution in [0, 0.1) is 11.3 Å². The minimum Gasteiger partial charge on any atom is -0.381 e. The summed E-state index contributed by atoms with van der Waals surface area (Å²) in [7, 11) is 0. The summed E-state index contributed by atoms with van der Waals surface area (Å²) in [6.07, 6.45) is 20.3. The first-order valence-corrected chi connectivity index (χ1v) is 10.5. The molecule has 0 saturated carbocycles. The van der Waals surface area contributed by atoms with Crippen molar-refractivity contribution in [2.45, 2.75) is 109 Å². The molecule has 0 amide bonds. The molecule has 1 aliphatic rings. The maximum absolute atomic E-state index is 8.46. The Hall–Kier alpha value is -0.590. The van der Waals surface area contributed by atoms with E-state index >= 15 is 0 Å². The van der Waals surface area contributed by atoms with Crippen LogP contribution in [-0.4, -0.2) is 25.9 Å². The molecule has 1 heterocycles. The fourth-order valence-electron chi connectivity index (χ4n) is 3.36. The lowest BCUT2D eigenvalue weighted by molar-refractivity contribution is 0.00968. The molecule has 1 unspecified atom stereocenters. The van der Waals surface area contributed by atoms with E-state index in [4.69, 9.17) is 14.7 Å². The van der Waals surface area contributed by atoms with Crippen molar-refractivity contribution >= 4 is 0 Å². The van der Waals surface area contributed by atoms with Gasteiger partial charge in [0.2, 0.25) is 0 Å². The Kier molecular flexibility index (Phi) is 15.4. The summed E-state index contributed by atoms with van der Waals surface area (Å²) in [6, 6.07) is 2.21. The number of rotatable bonds is 16. The topological polar surface area (TPSA) is 42.2 Å². The van der Waals surface area contributed by atoms with Crippen molar-refractivity contribution in [3.05, 3.63) is 0 Å². The third kappa shape index (κ3) is 13.8. The second-order valence-corrected chi connectivity index (χ2v) is 7.19. The highest BCUT2D eigenvalue weighted by Gasteiger charge is 2.12. The van der Waals surface area contributed by atoms with Crippen LogP contribution in [0.3, 0.4) is 0 Å². The first-order valence-electron chi connectivity index (χ1n) is 10.5. The van der Waals surface area contributed by atoms with Gasteiger partial charge in [-0.1, -0.05) is 51.4 Å². The summed E-state index contributed by atoms with van der Waals surface area (Å²) >= 11 is 0. The van der Waals surface area contributed by atoms with E-state index in [2.05, 4.69) is 6.07 Å². The van der Waals surface area contributed by atoms with E-state index in [1.165, 1.54) is 89.9 Å². The summed E-state index contributed by atoms with van der Waals surface area (Å²) in [5, 5.41) is 8.46. The Bertz CT molecular complexity index is 295. The van der Waals surface area contributed by atoms with Crippen molar-refractivity contribution in [3.63, 3.8) is 0 Å². The number of nitrogens with zero attached hydrogens (tertiary/aromatic N) is 1. The number of hydrogen-bond donors (Lipinski definition) is 0. The minimum atomic E-state index is 0.557. The van der Waals surface area contributed by atoms with E-state index in [1.807, 2.05) is 0 Å². The van der Waals surface area contributed by atoms with Gasteiger partial charge in [-0.3, -0.25) is 0 Å². The Labute approximate surface area is 150 Å². The first-order chi connectivity index (χ1) is 11.9. The number of hydrogen-bond acceptors (Lipinski definition) is 3. The van der Waals surface area contributed by atoms with Crippen LogP contribution < -0.4 is 0 Å². The molecule has 0 aromatic heterocycles. The average molecular weight is 338 g/mol. The third-order valence-electron chi connectivity index (χ3n) is 4.92. The maximum atomic E-state index is 8.46. The molecule has 140 valence electrons. The van der Waals surface area contributed by atoms with Gasteiger partial charge in [-0.2, -0.15) is 5.26 Å². The van der Waals surface area contributed by atoms with Crippen LogP contribution in [0.1, 0.15) is 103 Å². The van der Waals surface area contributed by atoms with Gasteiger partial charge >= 0.3 is 0 Å². The second kappa shape index (κ2) is 17.2. The number of ether oxygens (including phenoxy) is 2. The second-order valence-electron chi connectivity index (χ2n) is 7.19. The van der Waals surface area contributed by atoms with Crippen LogP contribution in [0.4, 0.5) is 0 Å². The fraction of sp³-hybridized carbons (Fsp3) is 0.952. The van der Waals surface area contributed by atoms with Gasteiger partial charge in [-0.25, -0.2) is 0 Å². The SMILES string of the molecule is N#CCCCCCCCCCOCCCCCCC1CCCCO1. The Morgan fingerprint density at radius 1 is 0.792 bits per heavy atom. The van der Waals surface area contributed by atoms with Crippen LogP contribution in [0.5, 0.6) is 0 Å². The summed E-state index contributed by atoms with van der Waals surface area (Å²) in [5.74, 6) is 0. The summed E-state index contributed by atoms with van der Waals surface area (Å²) in [5.41, 5.74) is 0. The van der Waals surface area contributed by atoms with Gasteiger partial charge in [0.15, 0.2) is 0 Å². The average Bonchev–Trinajstić information content (AvgIpc) is 2.62. The molecular weight excluding hydrogens is 298 g/mol. The van der Waals surface area contributed by atoms with E-state index < -0.39 is 0 Å². The van der Waals surface area contributed by atoms with Crippen LogP contribution in [-0.2, 0) is 9.47 Å². The lowest BCUT2D eigenvalue weighted by Crippen LogP contribution is -2.18. The van der Waals surface area contributed by atoms with Gasteiger partial charge < -0.3 is 9.47 Å². The molecule has 1 atom stereocenters. The molecule has 1 rings (SSSR count). The molecule has 1 saturated heterocycles. The highest BCUT2D eigenvalue weighted by Crippen LogP contribution is 2.18. The van der Waals surface area contributed by atoms with E-state index in [-0.39, 0.29) is 0 Å². The van der Waals surface area contributed by atoms with Crippen molar-refractivity contribution in [3.8, 4) is 6.07 Å². The summed E-state index contributed by atoms with van der Waals surface area (Å²) < 4.78 is 11.5. The van der Waals surface area contributed by atoms with Crippen molar-refractivity contribution in [1.82, 2.24) is 0 Å². The van der Waals surface area contributed by atoms with Gasteiger partial charge in [0.25, 0.3) is 0 Å². The molecule has 0 N–H and O–H groups in total. The van der Waals surface area contributed by atoms with Crippen LogP contribution in [0.15, 0.2) is 0 Å². The van der Waals surface area contributed by atoms with Crippen molar-refractivity contribution in [1.29, 1.82) is 5.26 Å².